The van der Waals surface area contributed by atoms with Crippen molar-refractivity contribution in [2.75, 3.05) is 38.3 Å². The number of amides is 2. The number of carbonyl (C=O) groups excluding carboxylic acids is 2. The van der Waals surface area contributed by atoms with Gasteiger partial charge in [-0.25, -0.2) is 4.79 Å². The predicted octanol–water partition coefficient (Wildman–Crippen LogP) is 4.67. The second kappa shape index (κ2) is 14.0. The van der Waals surface area contributed by atoms with Crippen molar-refractivity contribution in [3.63, 3.8) is 0 Å². The van der Waals surface area contributed by atoms with E-state index in [4.69, 9.17) is 19.3 Å². The van der Waals surface area contributed by atoms with Crippen LogP contribution in [0.1, 0.15) is 88.9 Å². The normalized spacial score (nSPS) is 21.7. The summed E-state index contributed by atoms with van der Waals surface area (Å²) < 4.78 is 17.2. The summed E-state index contributed by atoms with van der Waals surface area (Å²) in [6.45, 7) is 6.87. The molecule has 1 fully saturated rings. The molecule has 0 radical (unpaired) electrons. The van der Waals surface area contributed by atoms with E-state index in [-0.39, 0.29) is 18.4 Å². The highest BCUT2D eigenvalue weighted by molar-refractivity contribution is 6.00. The number of unbranched alkanes of at least 4 members (excludes halogenated alkanes) is 2. The van der Waals surface area contributed by atoms with E-state index in [9.17, 15) is 14.7 Å². The molecule has 1 heterocycles. The summed E-state index contributed by atoms with van der Waals surface area (Å²) in [6.07, 6.45) is 7.38. The van der Waals surface area contributed by atoms with Gasteiger partial charge >= 0.3 is 6.09 Å². The Labute approximate surface area is 226 Å². The Morgan fingerprint density at radius 2 is 1.82 bits per heavy atom. The Bertz CT molecular complexity index is 930. The topological polar surface area (TPSA) is 118 Å². The number of hydrogen-bond donors (Lipinski definition) is 3. The van der Waals surface area contributed by atoms with E-state index >= 15 is 0 Å². The Morgan fingerprint density at radius 3 is 2.55 bits per heavy atom. The molecule has 0 saturated heterocycles. The maximum atomic E-state index is 13.4. The molecule has 1 aromatic carbocycles. The van der Waals surface area contributed by atoms with Gasteiger partial charge < -0.3 is 29.7 Å². The first kappa shape index (κ1) is 30.0. The molecule has 3 atom stereocenters. The van der Waals surface area contributed by atoms with Gasteiger partial charge in [0.1, 0.15) is 5.60 Å². The van der Waals surface area contributed by atoms with Gasteiger partial charge in [-0.2, -0.15) is 0 Å². The van der Waals surface area contributed by atoms with Crippen LogP contribution in [0.5, 0.6) is 11.5 Å². The summed E-state index contributed by atoms with van der Waals surface area (Å²) in [6, 6.07) is 3.32. The third kappa shape index (κ3) is 8.76. The number of aliphatic hydroxyl groups excluding tert-OH is 2. The van der Waals surface area contributed by atoms with E-state index in [1.165, 1.54) is 4.90 Å². The lowest BCUT2D eigenvalue weighted by Gasteiger charge is -2.26. The minimum Gasteiger partial charge on any atom is -0.489 e. The standard InChI is InChI=1S/C29H46N2O7/c1-29(2,3)38-28(35)31(4)22-17-23(26-25(18-22)36-15-8-16-37-26)27(34)30-19-21-12-10-20(11-13-24(21)33)9-6-5-7-14-32/h17-18,20-21,24,32-33H,5-16,19H2,1-4H3,(H,30,34)/t20-,21?,24?/m1/s1. The predicted molar refractivity (Wildman–Crippen MR) is 146 cm³/mol. The maximum absolute atomic E-state index is 13.4. The molecule has 214 valence electrons. The van der Waals surface area contributed by atoms with Crippen LogP contribution in [-0.2, 0) is 4.74 Å². The van der Waals surface area contributed by atoms with Crippen LogP contribution < -0.4 is 19.7 Å². The first-order valence-electron chi connectivity index (χ1n) is 14.1. The van der Waals surface area contributed by atoms with E-state index < -0.39 is 17.8 Å². The van der Waals surface area contributed by atoms with E-state index in [1.54, 1.807) is 40.0 Å². The van der Waals surface area contributed by atoms with Crippen LogP contribution in [0.15, 0.2) is 12.1 Å². The summed E-state index contributed by atoms with van der Waals surface area (Å²) in [5, 5.41) is 22.8. The van der Waals surface area contributed by atoms with Crippen molar-refractivity contribution in [1.82, 2.24) is 5.32 Å². The van der Waals surface area contributed by atoms with Gasteiger partial charge in [0.25, 0.3) is 5.91 Å². The number of carbonyl (C=O) groups is 2. The van der Waals surface area contributed by atoms with Gasteiger partial charge in [0.15, 0.2) is 11.5 Å². The highest BCUT2D eigenvalue weighted by atomic mass is 16.6. The largest absolute Gasteiger partial charge is 0.489 e. The van der Waals surface area contributed by atoms with Crippen molar-refractivity contribution in [2.45, 2.75) is 90.3 Å². The molecule has 2 amide bonds. The fourth-order valence-electron chi connectivity index (χ4n) is 5.05. The highest BCUT2D eigenvalue weighted by Gasteiger charge is 2.29. The van der Waals surface area contributed by atoms with Crippen molar-refractivity contribution in [3.05, 3.63) is 17.7 Å². The number of benzene rings is 1. The number of anilines is 1. The van der Waals surface area contributed by atoms with Gasteiger partial charge in [0.2, 0.25) is 0 Å². The van der Waals surface area contributed by atoms with Crippen LogP contribution in [0.4, 0.5) is 10.5 Å². The lowest BCUT2D eigenvalue weighted by atomic mass is 9.93. The molecule has 2 aliphatic rings. The van der Waals surface area contributed by atoms with Gasteiger partial charge in [0.05, 0.1) is 30.6 Å². The fourth-order valence-corrected chi connectivity index (χ4v) is 5.05. The molecule has 1 aliphatic carbocycles. The molecule has 3 rings (SSSR count). The highest BCUT2D eigenvalue weighted by Crippen LogP contribution is 2.38. The van der Waals surface area contributed by atoms with Crippen LogP contribution in [0.3, 0.4) is 0 Å². The smallest absolute Gasteiger partial charge is 0.414 e. The molecule has 9 nitrogen and oxygen atoms in total. The van der Waals surface area contributed by atoms with Gasteiger partial charge in [-0.05, 0) is 58.4 Å². The number of fused-ring (bicyclic) bond motifs is 1. The zero-order chi connectivity index (χ0) is 27.7. The maximum Gasteiger partial charge on any atom is 0.414 e. The number of nitrogens with zero attached hydrogens (tertiary/aromatic N) is 1. The average molecular weight is 535 g/mol. The van der Waals surface area contributed by atoms with E-state index in [0.717, 1.165) is 51.4 Å². The van der Waals surface area contributed by atoms with Gasteiger partial charge in [-0.1, -0.05) is 25.7 Å². The van der Waals surface area contributed by atoms with Crippen LogP contribution in [0, 0.1) is 11.8 Å². The first-order chi connectivity index (χ1) is 18.1. The molecule has 0 spiro atoms. The molecule has 38 heavy (non-hydrogen) atoms. The molecule has 0 aromatic heterocycles. The lowest BCUT2D eigenvalue weighted by molar-refractivity contribution is 0.0588. The van der Waals surface area contributed by atoms with Gasteiger partial charge in [-0.15, -0.1) is 0 Å². The SMILES string of the molecule is CN(C(=O)OC(C)(C)C)c1cc2c(c(C(=O)NCC3CC[C@@H](CCCCCO)CCC3O)c1)OCCCO2. The van der Waals surface area contributed by atoms with E-state index in [1.807, 2.05) is 0 Å². The second-order valence-electron chi connectivity index (χ2n) is 11.5. The van der Waals surface area contributed by atoms with Gasteiger partial charge in [-0.3, -0.25) is 9.69 Å². The summed E-state index contributed by atoms with van der Waals surface area (Å²) >= 11 is 0. The van der Waals surface area contributed by atoms with Crippen molar-refractivity contribution >= 4 is 17.7 Å². The van der Waals surface area contributed by atoms with Crippen LogP contribution in [0.2, 0.25) is 0 Å². The van der Waals surface area contributed by atoms with E-state index in [2.05, 4.69) is 5.32 Å². The molecule has 3 N–H and O–H groups in total. The average Bonchev–Trinajstić information content (AvgIpc) is 3.21. The number of ether oxygens (including phenoxy) is 3. The minimum absolute atomic E-state index is 0.0233. The minimum atomic E-state index is -0.658. The van der Waals surface area contributed by atoms with Crippen LogP contribution in [-0.4, -0.2) is 67.3 Å². The molecular formula is C29H46N2O7. The molecule has 2 unspecified atom stereocenters. The summed E-state index contributed by atoms with van der Waals surface area (Å²) in [4.78, 5) is 27.5. The van der Waals surface area contributed by atoms with Crippen molar-refractivity contribution in [2.24, 2.45) is 11.8 Å². The zero-order valence-electron chi connectivity index (χ0n) is 23.5. The molecule has 9 heteroatoms. The van der Waals surface area contributed by atoms with Crippen LogP contribution in [0.25, 0.3) is 0 Å². The molecular weight excluding hydrogens is 488 g/mol. The number of aliphatic hydroxyl groups is 2. The lowest BCUT2D eigenvalue weighted by Crippen LogP contribution is -2.35. The Hall–Kier alpha value is -2.52. The third-order valence-corrected chi connectivity index (χ3v) is 7.29. The Morgan fingerprint density at radius 1 is 1.08 bits per heavy atom. The van der Waals surface area contributed by atoms with Crippen molar-refractivity contribution < 1.29 is 34.0 Å². The summed E-state index contributed by atoms with van der Waals surface area (Å²) in [5.41, 5.74) is 0.0985. The summed E-state index contributed by atoms with van der Waals surface area (Å²) in [5.74, 6) is 1.00. The van der Waals surface area contributed by atoms with Gasteiger partial charge in [0, 0.05) is 38.6 Å². The number of hydrogen-bond acceptors (Lipinski definition) is 7. The quantitative estimate of drug-likeness (QED) is 0.311. The number of nitrogens with one attached hydrogen (secondary N) is 1. The molecule has 1 saturated carbocycles. The van der Waals surface area contributed by atoms with Crippen LogP contribution >= 0.6 is 0 Å². The monoisotopic (exact) mass is 534 g/mol. The Kier molecular flexibility index (Phi) is 11.1. The molecule has 1 aliphatic heterocycles. The van der Waals surface area contributed by atoms with E-state index in [0.29, 0.717) is 54.8 Å². The number of rotatable bonds is 9. The molecule has 1 aromatic rings. The Balaban J connectivity index is 1.70. The molecule has 0 bridgehead atoms. The van der Waals surface area contributed by atoms with Crippen molar-refractivity contribution in [3.8, 4) is 11.5 Å². The first-order valence-corrected chi connectivity index (χ1v) is 14.1. The second-order valence-corrected chi connectivity index (χ2v) is 11.5. The summed E-state index contributed by atoms with van der Waals surface area (Å²) in [7, 11) is 1.59. The third-order valence-electron chi connectivity index (χ3n) is 7.29. The zero-order valence-corrected chi connectivity index (χ0v) is 23.5. The van der Waals surface area contributed by atoms with Crippen molar-refractivity contribution in [1.29, 1.82) is 0 Å². The fraction of sp³-hybridized carbons (Fsp3) is 0.724.